The number of hydrogen-bond acceptors (Lipinski definition) is 3. The molecule has 3 rings (SSSR count). The smallest absolute Gasteiger partial charge is 0.387 e. The molecule has 0 saturated heterocycles. The van der Waals surface area contributed by atoms with Crippen molar-refractivity contribution in [3.8, 4) is 11.5 Å². The van der Waals surface area contributed by atoms with Crippen LogP contribution >= 0.6 is 0 Å². The van der Waals surface area contributed by atoms with E-state index < -0.39 is 6.61 Å². The van der Waals surface area contributed by atoms with Crippen LogP contribution in [-0.2, 0) is 13.1 Å². The molecule has 0 spiro atoms. The van der Waals surface area contributed by atoms with Crippen molar-refractivity contribution < 1.29 is 23.0 Å². The predicted octanol–water partition coefficient (Wildman–Crippen LogP) is 4.45. The molecule has 0 heterocycles. The molecule has 5 nitrogen and oxygen atoms in total. The van der Waals surface area contributed by atoms with Gasteiger partial charge in [-0.05, 0) is 52.2 Å². The molecule has 0 unspecified atom stereocenters. The number of carbonyl (C=O) groups excluding carboxylic acids is 1. The summed E-state index contributed by atoms with van der Waals surface area (Å²) >= 11 is 0. The van der Waals surface area contributed by atoms with E-state index in [-0.39, 0.29) is 18.3 Å². The monoisotopic (exact) mass is 386 g/mol. The highest BCUT2D eigenvalue weighted by Crippen LogP contribution is 2.21. The minimum absolute atomic E-state index is 0.0807. The molecule has 146 valence electrons. The first-order valence-electron chi connectivity index (χ1n) is 8.65. The Morgan fingerprint density at radius 2 is 1.43 bits per heavy atom. The first-order chi connectivity index (χ1) is 13.5. The van der Waals surface area contributed by atoms with Crippen LogP contribution in [0.25, 0.3) is 10.8 Å². The van der Waals surface area contributed by atoms with E-state index in [2.05, 4.69) is 15.4 Å². The average molecular weight is 386 g/mol. The third kappa shape index (κ3) is 5.33. The number of benzene rings is 3. The van der Waals surface area contributed by atoms with Gasteiger partial charge in [0.2, 0.25) is 0 Å². The standard InChI is InChI=1S/C21H20F2N2O3/c1-27-19-9-6-16-10-15(2-5-17(16)11-19)13-25-21(26)24-12-14-3-7-18(8-4-14)28-20(22)23/h2-11,20H,12-13H2,1H3,(H2,24,25,26). The second kappa shape index (κ2) is 9.03. The van der Waals surface area contributed by atoms with Gasteiger partial charge in [-0.1, -0.05) is 30.3 Å². The van der Waals surface area contributed by atoms with Crippen molar-refractivity contribution in [2.24, 2.45) is 0 Å². The summed E-state index contributed by atoms with van der Waals surface area (Å²) in [4.78, 5) is 12.0. The zero-order valence-electron chi connectivity index (χ0n) is 15.2. The highest BCUT2D eigenvalue weighted by molar-refractivity contribution is 5.84. The van der Waals surface area contributed by atoms with Crippen molar-refractivity contribution in [2.45, 2.75) is 19.7 Å². The largest absolute Gasteiger partial charge is 0.497 e. The van der Waals surface area contributed by atoms with E-state index in [9.17, 15) is 13.6 Å². The lowest BCUT2D eigenvalue weighted by Gasteiger charge is -2.10. The summed E-state index contributed by atoms with van der Waals surface area (Å²) in [6.07, 6.45) is 0. The highest BCUT2D eigenvalue weighted by Gasteiger charge is 2.05. The second-order valence-corrected chi connectivity index (χ2v) is 6.11. The van der Waals surface area contributed by atoms with Crippen molar-refractivity contribution in [1.29, 1.82) is 0 Å². The average Bonchev–Trinajstić information content (AvgIpc) is 2.70. The number of urea groups is 1. The maximum Gasteiger partial charge on any atom is 0.387 e. The molecular weight excluding hydrogens is 366 g/mol. The van der Waals surface area contributed by atoms with E-state index in [0.717, 1.165) is 27.6 Å². The SMILES string of the molecule is COc1ccc2cc(CNC(=O)NCc3ccc(OC(F)F)cc3)ccc2c1. The van der Waals surface area contributed by atoms with Crippen LogP contribution < -0.4 is 20.1 Å². The van der Waals surface area contributed by atoms with E-state index in [1.807, 2.05) is 36.4 Å². The van der Waals surface area contributed by atoms with Crippen molar-refractivity contribution in [1.82, 2.24) is 10.6 Å². The zero-order valence-corrected chi connectivity index (χ0v) is 15.2. The van der Waals surface area contributed by atoms with Crippen LogP contribution in [0.5, 0.6) is 11.5 Å². The van der Waals surface area contributed by atoms with Crippen LogP contribution in [0.3, 0.4) is 0 Å². The van der Waals surface area contributed by atoms with Crippen molar-refractivity contribution in [2.75, 3.05) is 7.11 Å². The summed E-state index contributed by atoms with van der Waals surface area (Å²) in [7, 11) is 1.63. The van der Waals surface area contributed by atoms with E-state index in [1.165, 1.54) is 12.1 Å². The number of hydrogen-bond donors (Lipinski definition) is 2. The molecule has 0 aliphatic rings. The fourth-order valence-corrected chi connectivity index (χ4v) is 2.73. The summed E-state index contributed by atoms with van der Waals surface area (Å²) < 4.78 is 33.8. The number of alkyl halides is 2. The first-order valence-corrected chi connectivity index (χ1v) is 8.65. The maximum absolute atomic E-state index is 12.1. The molecule has 0 aromatic heterocycles. The molecule has 0 fully saturated rings. The molecule has 3 aromatic rings. The van der Waals surface area contributed by atoms with Crippen molar-refractivity contribution in [3.05, 3.63) is 71.8 Å². The van der Waals surface area contributed by atoms with Gasteiger partial charge in [0.1, 0.15) is 11.5 Å². The molecule has 3 aromatic carbocycles. The highest BCUT2D eigenvalue weighted by atomic mass is 19.3. The van der Waals surface area contributed by atoms with Gasteiger partial charge in [0.05, 0.1) is 7.11 Å². The van der Waals surface area contributed by atoms with Gasteiger partial charge in [0, 0.05) is 13.1 Å². The Morgan fingerprint density at radius 1 is 0.857 bits per heavy atom. The molecular formula is C21H20F2N2O3. The predicted molar refractivity (Wildman–Crippen MR) is 103 cm³/mol. The van der Waals surface area contributed by atoms with Crippen LogP contribution in [0, 0.1) is 0 Å². The third-order valence-electron chi connectivity index (χ3n) is 4.17. The second-order valence-electron chi connectivity index (χ2n) is 6.11. The van der Waals surface area contributed by atoms with Crippen LogP contribution in [0.4, 0.5) is 13.6 Å². The van der Waals surface area contributed by atoms with E-state index >= 15 is 0 Å². The number of halogens is 2. The molecule has 2 N–H and O–H groups in total. The number of amides is 2. The summed E-state index contributed by atoms with van der Waals surface area (Å²) in [5.41, 5.74) is 1.75. The summed E-state index contributed by atoms with van der Waals surface area (Å²) in [5, 5.41) is 7.65. The summed E-state index contributed by atoms with van der Waals surface area (Å²) in [6.45, 7) is -2.19. The molecule has 0 bridgehead atoms. The Bertz CT molecular complexity index is 946. The van der Waals surface area contributed by atoms with E-state index in [4.69, 9.17) is 4.74 Å². The Kier molecular flexibility index (Phi) is 6.26. The van der Waals surface area contributed by atoms with Gasteiger partial charge >= 0.3 is 12.6 Å². The molecule has 2 amide bonds. The van der Waals surface area contributed by atoms with E-state index in [0.29, 0.717) is 6.54 Å². The molecule has 7 heteroatoms. The van der Waals surface area contributed by atoms with Crippen molar-refractivity contribution in [3.63, 3.8) is 0 Å². The van der Waals surface area contributed by atoms with Crippen LogP contribution in [0.15, 0.2) is 60.7 Å². The number of carbonyl (C=O) groups is 1. The lowest BCUT2D eigenvalue weighted by Crippen LogP contribution is -2.34. The Balaban J connectivity index is 1.49. The lowest BCUT2D eigenvalue weighted by atomic mass is 10.1. The molecule has 0 aliphatic heterocycles. The van der Waals surface area contributed by atoms with Gasteiger partial charge in [0.15, 0.2) is 0 Å². The van der Waals surface area contributed by atoms with Gasteiger partial charge in [-0.3, -0.25) is 0 Å². The van der Waals surface area contributed by atoms with Crippen LogP contribution in [0.2, 0.25) is 0 Å². The third-order valence-corrected chi connectivity index (χ3v) is 4.17. The van der Waals surface area contributed by atoms with Crippen LogP contribution in [0.1, 0.15) is 11.1 Å². The number of nitrogens with one attached hydrogen (secondary N) is 2. The molecule has 0 atom stereocenters. The van der Waals surface area contributed by atoms with Gasteiger partial charge in [-0.15, -0.1) is 0 Å². The quantitative estimate of drug-likeness (QED) is 0.631. The van der Waals surface area contributed by atoms with Gasteiger partial charge in [0.25, 0.3) is 0 Å². The number of fused-ring (bicyclic) bond motifs is 1. The normalized spacial score (nSPS) is 10.7. The van der Waals surface area contributed by atoms with Crippen molar-refractivity contribution >= 4 is 16.8 Å². The van der Waals surface area contributed by atoms with Gasteiger partial charge in [-0.25, -0.2) is 4.79 Å². The first kappa shape index (κ1) is 19.4. The molecule has 0 saturated carbocycles. The summed E-state index contributed by atoms with van der Waals surface area (Å²) in [6, 6.07) is 17.6. The Hall–Kier alpha value is -3.35. The Labute approximate surface area is 161 Å². The fourth-order valence-electron chi connectivity index (χ4n) is 2.73. The number of methoxy groups -OCH3 is 1. The molecule has 0 radical (unpaired) electrons. The van der Waals surface area contributed by atoms with E-state index in [1.54, 1.807) is 19.2 Å². The minimum atomic E-state index is -2.85. The topological polar surface area (TPSA) is 59.6 Å². The molecule has 0 aliphatic carbocycles. The van der Waals surface area contributed by atoms with Gasteiger partial charge in [-0.2, -0.15) is 8.78 Å². The minimum Gasteiger partial charge on any atom is -0.497 e. The number of rotatable bonds is 7. The maximum atomic E-state index is 12.1. The van der Waals surface area contributed by atoms with Crippen LogP contribution in [-0.4, -0.2) is 19.8 Å². The number of ether oxygens (including phenoxy) is 2. The lowest BCUT2D eigenvalue weighted by molar-refractivity contribution is -0.0498. The molecule has 28 heavy (non-hydrogen) atoms. The zero-order chi connectivity index (χ0) is 19.9. The summed E-state index contributed by atoms with van der Waals surface area (Å²) in [5.74, 6) is 0.878. The fraction of sp³-hybridized carbons (Fsp3) is 0.190. The Morgan fingerprint density at radius 3 is 2.11 bits per heavy atom. The van der Waals surface area contributed by atoms with Gasteiger partial charge < -0.3 is 20.1 Å².